The molecule has 1 saturated heterocycles. The average Bonchev–Trinajstić information content (AvgIpc) is 3.16. The predicted molar refractivity (Wildman–Crippen MR) is 93.9 cm³/mol. The number of imidazole rings is 1. The van der Waals surface area contributed by atoms with Gasteiger partial charge in [-0.15, -0.1) is 0 Å². The van der Waals surface area contributed by atoms with Crippen molar-refractivity contribution in [2.24, 2.45) is 13.0 Å². The third kappa shape index (κ3) is 3.30. The van der Waals surface area contributed by atoms with Gasteiger partial charge in [0.05, 0.1) is 6.54 Å². The Labute approximate surface area is 151 Å². The molecule has 1 fully saturated rings. The third-order valence-electron chi connectivity index (χ3n) is 4.50. The van der Waals surface area contributed by atoms with Gasteiger partial charge in [0.2, 0.25) is 5.91 Å². The van der Waals surface area contributed by atoms with Gasteiger partial charge in [0, 0.05) is 25.4 Å². The maximum absolute atomic E-state index is 12.5. The number of imide groups is 1. The highest BCUT2D eigenvalue weighted by atomic mass is 16.2. The van der Waals surface area contributed by atoms with E-state index in [9.17, 15) is 14.4 Å². The maximum Gasteiger partial charge on any atom is 0.322 e. The summed E-state index contributed by atoms with van der Waals surface area (Å²) in [5.41, 5.74) is -0.363. The van der Waals surface area contributed by atoms with Gasteiger partial charge in [-0.2, -0.15) is 0 Å². The van der Waals surface area contributed by atoms with Crippen LogP contribution in [0.4, 0.5) is 4.79 Å². The van der Waals surface area contributed by atoms with Gasteiger partial charge in [-0.1, -0.05) is 37.3 Å². The molecule has 1 aromatic heterocycles. The zero-order valence-electron chi connectivity index (χ0n) is 14.7. The standard InChI is InChI=1S/C18H21N5O3/c1-12(10-13-6-4-3-5-7-13)14(24)20-11-18(15-19-8-9-23(15)2)16(25)21-17(26)22-18/h3-9,12H,10-11H2,1-2H3,(H,20,24)(H2,21,22,25,26)/t12-,18?/m0/s1. The minimum Gasteiger partial charge on any atom is -0.352 e. The van der Waals surface area contributed by atoms with Gasteiger partial charge >= 0.3 is 6.03 Å². The lowest BCUT2D eigenvalue weighted by atomic mass is 9.96. The summed E-state index contributed by atoms with van der Waals surface area (Å²) < 4.78 is 1.64. The molecule has 0 spiro atoms. The van der Waals surface area contributed by atoms with Crippen molar-refractivity contribution in [1.82, 2.24) is 25.5 Å². The molecule has 0 saturated carbocycles. The normalized spacial score (nSPS) is 20.4. The first-order valence-electron chi connectivity index (χ1n) is 8.35. The number of hydrogen-bond acceptors (Lipinski definition) is 4. The SMILES string of the molecule is C[C@@H](Cc1ccccc1)C(=O)NCC1(c2nccn2C)NC(=O)NC1=O. The number of rotatable bonds is 6. The lowest BCUT2D eigenvalue weighted by Gasteiger charge is -2.26. The van der Waals surface area contributed by atoms with Crippen LogP contribution in [0.2, 0.25) is 0 Å². The first-order chi connectivity index (χ1) is 12.4. The number of urea groups is 1. The molecule has 1 aliphatic heterocycles. The minimum absolute atomic E-state index is 0.0760. The van der Waals surface area contributed by atoms with Crippen molar-refractivity contribution < 1.29 is 14.4 Å². The second-order valence-corrected chi connectivity index (χ2v) is 6.48. The van der Waals surface area contributed by atoms with Crippen LogP contribution in [0.5, 0.6) is 0 Å². The fourth-order valence-electron chi connectivity index (χ4n) is 3.08. The summed E-state index contributed by atoms with van der Waals surface area (Å²) >= 11 is 0. The van der Waals surface area contributed by atoms with Crippen molar-refractivity contribution in [1.29, 1.82) is 0 Å². The highest BCUT2D eigenvalue weighted by molar-refractivity contribution is 6.07. The Morgan fingerprint density at radius 3 is 2.62 bits per heavy atom. The number of carbonyl (C=O) groups excluding carboxylic acids is 3. The molecule has 0 bridgehead atoms. The number of carbonyl (C=O) groups is 3. The fraction of sp³-hybridized carbons (Fsp3) is 0.333. The summed E-state index contributed by atoms with van der Waals surface area (Å²) in [5, 5.41) is 7.61. The van der Waals surface area contributed by atoms with E-state index in [1.54, 1.807) is 17.8 Å². The smallest absolute Gasteiger partial charge is 0.322 e. The third-order valence-corrected chi connectivity index (χ3v) is 4.50. The predicted octanol–water partition coefficient (Wildman–Crippen LogP) is 0.450. The molecule has 8 heteroatoms. The summed E-state index contributed by atoms with van der Waals surface area (Å²) in [7, 11) is 1.72. The first-order valence-corrected chi connectivity index (χ1v) is 8.35. The molecule has 136 valence electrons. The van der Waals surface area contributed by atoms with Gasteiger partial charge in [0.25, 0.3) is 5.91 Å². The summed E-state index contributed by atoms with van der Waals surface area (Å²) in [6, 6.07) is 9.09. The van der Waals surface area contributed by atoms with Gasteiger partial charge in [-0.3, -0.25) is 14.9 Å². The van der Waals surface area contributed by atoms with E-state index < -0.39 is 17.5 Å². The number of aromatic nitrogens is 2. The molecule has 1 aliphatic rings. The molecule has 2 aromatic rings. The number of amides is 4. The van der Waals surface area contributed by atoms with Crippen molar-refractivity contribution in [3.63, 3.8) is 0 Å². The van der Waals surface area contributed by atoms with Crippen molar-refractivity contribution in [3.8, 4) is 0 Å². The topological polar surface area (TPSA) is 105 Å². The summed E-state index contributed by atoms with van der Waals surface area (Å²) in [6.07, 6.45) is 3.80. The zero-order valence-corrected chi connectivity index (χ0v) is 14.7. The van der Waals surface area contributed by atoms with Crippen LogP contribution in [-0.2, 0) is 28.6 Å². The molecule has 3 rings (SSSR count). The number of hydrogen-bond donors (Lipinski definition) is 3. The van der Waals surface area contributed by atoms with Crippen molar-refractivity contribution in [3.05, 3.63) is 54.1 Å². The van der Waals surface area contributed by atoms with Crippen LogP contribution in [0, 0.1) is 5.92 Å². The number of benzene rings is 1. The molecular weight excluding hydrogens is 334 g/mol. The van der Waals surface area contributed by atoms with Crippen LogP contribution >= 0.6 is 0 Å². The van der Waals surface area contributed by atoms with Gasteiger partial charge in [0.15, 0.2) is 5.54 Å². The van der Waals surface area contributed by atoms with Crippen molar-refractivity contribution in [2.75, 3.05) is 6.54 Å². The van der Waals surface area contributed by atoms with Crippen LogP contribution in [-0.4, -0.2) is 33.9 Å². The summed E-state index contributed by atoms with van der Waals surface area (Å²) in [6.45, 7) is 1.75. The largest absolute Gasteiger partial charge is 0.352 e. The van der Waals surface area contributed by atoms with E-state index in [4.69, 9.17) is 0 Å². The van der Waals surface area contributed by atoms with Crippen molar-refractivity contribution in [2.45, 2.75) is 18.9 Å². The second-order valence-electron chi connectivity index (χ2n) is 6.48. The van der Waals surface area contributed by atoms with E-state index in [0.29, 0.717) is 12.2 Å². The van der Waals surface area contributed by atoms with Crippen LogP contribution in [0.15, 0.2) is 42.7 Å². The van der Waals surface area contributed by atoms with Crippen molar-refractivity contribution >= 4 is 17.8 Å². The molecule has 2 heterocycles. The van der Waals surface area contributed by atoms with Crippen LogP contribution in [0.3, 0.4) is 0 Å². The van der Waals surface area contributed by atoms with Gasteiger partial charge in [-0.25, -0.2) is 9.78 Å². The lowest BCUT2D eigenvalue weighted by Crippen LogP contribution is -2.54. The molecule has 1 aromatic carbocycles. The minimum atomic E-state index is -1.42. The van der Waals surface area contributed by atoms with Crippen LogP contribution in [0.1, 0.15) is 18.3 Å². The highest BCUT2D eigenvalue weighted by Gasteiger charge is 2.50. The van der Waals surface area contributed by atoms with E-state index >= 15 is 0 Å². The van der Waals surface area contributed by atoms with Crippen LogP contribution < -0.4 is 16.0 Å². The van der Waals surface area contributed by atoms with E-state index in [0.717, 1.165) is 5.56 Å². The molecule has 3 N–H and O–H groups in total. The molecule has 8 nitrogen and oxygen atoms in total. The second kappa shape index (κ2) is 6.99. The van der Waals surface area contributed by atoms with Crippen LogP contribution in [0.25, 0.3) is 0 Å². The monoisotopic (exact) mass is 355 g/mol. The summed E-state index contributed by atoms with van der Waals surface area (Å²) in [5.74, 6) is -0.656. The molecule has 0 radical (unpaired) electrons. The Balaban J connectivity index is 1.72. The molecule has 4 amide bonds. The summed E-state index contributed by atoms with van der Waals surface area (Å²) in [4.78, 5) is 40.8. The number of nitrogens with one attached hydrogen (secondary N) is 3. The van der Waals surface area contributed by atoms with Gasteiger partial charge < -0.3 is 15.2 Å². The Morgan fingerprint density at radius 2 is 2.04 bits per heavy atom. The van der Waals surface area contributed by atoms with E-state index in [1.165, 1.54) is 6.20 Å². The fourth-order valence-corrected chi connectivity index (χ4v) is 3.08. The average molecular weight is 355 g/mol. The zero-order chi connectivity index (χ0) is 18.7. The molecule has 1 unspecified atom stereocenters. The quantitative estimate of drug-likeness (QED) is 0.654. The Hall–Kier alpha value is -3.16. The Morgan fingerprint density at radius 1 is 1.31 bits per heavy atom. The lowest BCUT2D eigenvalue weighted by molar-refractivity contribution is -0.127. The highest BCUT2D eigenvalue weighted by Crippen LogP contribution is 2.22. The van der Waals surface area contributed by atoms with Gasteiger partial charge in [0.1, 0.15) is 5.82 Å². The molecule has 0 aliphatic carbocycles. The van der Waals surface area contributed by atoms with E-state index in [-0.39, 0.29) is 18.4 Å². The van der Waals surface area contributed by atoms with E-state index in [1.807, 2.05) is 37.3 Å². The van der Waals surface area contributed by atoms with Gasteiger partial charge in [-0.05, 0) is 12.0 Å². The molecule has 26 heavy (non-hydrogen) atoms. The Kier molecular flexibility index (Phi) is 4.75. The molecule has 2 atom stereocenters. The first kappa shape index (κ1) is 17.7. The maximum atomic E-state index is 12.5. The van der Waals surface area contributed by atoms with E-state index in [2.05, 4.69) is 20.9 Å². The molecular formula is C18H21N5O3. The Bertz CT molecular complexity index is 832. The number of nitrogens with zero attached hydrogens (tertiary/aromatic N) is 2. The number of aryl methyl sites for hydroxylation is 1.